The number of hydrogen-bond donors (Lipinski definition) is 3. The summed E-state index contributed by atoms with van der Waals surface area (Å²) in [5.74, 6) is 0.344. The van der Waals surface area contributed by atoms with Crippen molar-refractivity contribution in [2.45, 2.75) is 6.92 Å². The quantitative estimate of drug-likeness (QED) is 0.471. The van der Waals surface area contributed by atoms with Crippen LogP contribution in [0.5, 0.6) is 0 Å². The molecule has 82 valence electrons. The molecule has 4 N–H and O–H groups in total. The van der Waals surface area contributed by atoms with Gasteiger partial charge >= 0.3 is 0 Å². The SMILES string of the molecule is CC(CN(C)c1ncc[nH]c1=O)C(=N)N. The Hall–Kier alpha value is -1.85. The van der Waals surface area contributed by atoms with E-state index in [-0.39, 0.29) is 17.3 Å². The summed E-state index contributed by atoms with van der Waals surface area (Å²) in [6.45, 7) is 2.32. The average Bonchev–Trinajstić information content (AvgIpc) is 2.18. The highest BCUT2D eigenvalue weighted by Gasteiger charge is 2.12. The number of rotatable bonds is 4. The van der Waals surface area contributed by atoms with Crippen LogP contribution < -0.4 is 16.2 Å². The standard InChI is InChI=1S/C9H15N5O/c1-6(7(10)11)5-14(2)8-9(15)13-4-3-12-8/h3-4,6H,5H2,1-2H3,(H3,10,11)(H,13,15). The first-order valence-electron chi connectivity index (χ1n) is 4.61. The van der Waals surface area contributed by atoms with Gasteiger partial charge in [0.2, 0.25) is 0 Å². The molecule has 6 nitrogen and oxygen atoms in total. The Morgan fingerprint density at radius 3 is 3.00 bits per heavy atom. The molecule has 0 bridgehead atoms. The van der Waals surface area contributed by atoms with E-state index in [2.05, 4.69) is 9.97 Å². The molecule has 1 atom stereocenters. The zero-order valence-electron chi connectivity index (χ0n) is 8.82. The van der Waals surface area contributed by atoms with Gasteiger partial charge in [0.05, 0.1) is 5.84 Å². The highest BCUT2D eigenvalue weighted by atomic mass is 16.1. The maximum absolute atomic E-state index is 11.4. The molecule has 0 aliphatic heterocycles. The number of H-pyrrole nitrogens is 1. The normalized spacial score (nSPS) is 12.1. The first kappa shape index (κ1) is 11.2. The number of nitrogens with zero attached hydrogens (tertiary/aromatic N) is 2. The summed E-state index contributed by atoms with van der Waals surface area (Å²) in [7, 11) is 1.75. The van der Waals surface area contributed by atoms with E-state index in [9.17, 15) is 4.79 Å². The third-order valence-corrected chi connectivity index (χ3v) is 2.13. The van der Waals surface area contributed by atoms with Gasteiger partial charge in [-0.2, -0.15) is 0 Å². The van der Waals surface area contributed by atoms with Crippen molar-refractivity contribution in [3.63, 3.8) is 0 Å². The van der Waals surface area contributed by atoms with Crippen LogP contribution in [0.3, 0.4) is 0 Å². The number of hydrogen-bond acceptors (Lipinski definition) is 4. The van der Waals surface area contributed by atoms with Crippen molar-refractivity contribution in [2.75, 3.05) is 18.5 Å². The van der Waals surface area contributed by atoms with Crippen molar-refractivity contribution in [1.82, 2.24) is 9.97 Å². The smallest absolute Gasteiger partial charge is 0.290 e. The van der Waals surface area contributed by atoms with Crippen LogP contribution >= 0.6 is 0 Å². The zero-order valence-corrected chi connectivity index (χ0v) is 8.82. The Kier molecular flexibility index (Phi) is 3.43. The fourth-order valence-corrected chi connectivity index (χ4v) is 1.21. The van der Waals surface area contributed by atoms with Gasteiger partial charge in [-0.25, -0.2) is 4.98 Å². The van der Waals surface area contributed by atoms with Gasteiger partial charge in [0.25, 0.3) is 5.56 Å². The molecule has 15 heavy (non-hydrogen) atoms. The maximum Gasteiger partial charge on any atom is 0.290 e. The minimum atomic E-state index is -0.240. The van der Waals surface area contributed by atoms with Gasteiger partial charge in [0, 0.05) is 31.9 Å². The van der Waals surface area contributed by atoms with Crippen molar-refractivity contribution >= 4 is 11.7 Å². The lowest BCUT2D eigenvalue weighted by atomic mass is 10.1. The fraction of sp³-hybridized carbons (Fsp3) is 0.444. The first-order chi connectivity index (χ1) is 7.02. The molecule has 1 aromatic rings. The molecule has 0 aromatic carbocycles. The van der Waals surface area contributed by atoms with Crippen LogP contribution in [-0.4, -0.2) is 29.4 Å². The van der Waals surface area contributed by atoms with Crippen molar-refractivity contribution < 1.29 is 0 Å². The van der Waals surface area contributed by atoms with E-state index in [0.717, 1.165) is 0 Å². The molecule has 0 radical (unpaired) electrons. The molecule has 1 aromatic heterocycles. The van der Waals surface area contributed by atoms with E-state index >= 15 is 0 Å². The lowest BCUT2D eigenvalue weighted by Crippen LogP contribution is -2.35. The second-order valence-corrected chi connectivity index (χ2v) is 3.48. The number of anilines is 1. The minimum absolute atomic E-state index is 0.101. The van der Waals surface area contributed by atoms with Gasteiger partial charge in [0.1, 0.15) is 0 Å². The molecular weight excluding hydrogens is 194 g/mol. The van der Waals surface area contributed by atoms with Crippen LogP contribution in [0.25, 0.3) is 0 Å². The van der Waals surface area contributed by atoms with Crippen LogP contribution in [0.15, 0.2) is 17.2 Å². The van der Waals surface area contributed by atoms with Crippen molar-refractivity contribution in [2.24, 2.45) is 11.7 Å². The molecule has 0 aliphatic carbocycles. The molecule has 0 fully saturated rings. The Bertz CT molecular complexity index is 399. The summed E-state index contributed by atoms with van der Waals surface area (Å²) >= 11 is 0. The summed E-state index contributed by atoms with van der Waals surface area (Å²) in [5, 5.41) is 7.25. The molecule has 1 unspecified atom stereocenters. The highest BCUT2D eigenvalue weighted by Crippen LogP contribution is 2.03. The molecule has 0 aliphatic rings. The zero-order chi connectivity index (χ0) is 11.4. The van der Waals surface area contributed by atoms with Crippen molar-refractivity contribution in [3.8, 4) is 0 Å². The number of aromatic nitrogens is 2. The van der Waals surface area contributed by atoms with Crippen LogP contribution in [0.1, 0.15) is 6.92 Å². The van der Waals surface area contributed by atoms with Gasteiger partial charge in [-0.1, -0.05) is 6.92 Å². The molecule has 0 saturated carbocycles. The van der Waals surface area contributed by atoms with Gasteiger partial charge in [-0.3, -0.25) is 10.2 Å². The average molecular weight is 209 g/mol. The Morgan fingerprint density at radius 1 is 1.80 bits per heavy atom. The van der Waals surface area contributed by atoms with Gasteiger partial charge < -0.3 is 15.6 Å². The van der Waals surface area contributed by atoms with E-state index in [1.54, 1.807) is 11.9 Å². The molecule has 1 heterocycles. The molecule has 0 saturated heterocycles. The predicted molar refractivity (Wildman–Crippen MR) is 59.2 cm³/mol. The van der Waals surface area contributed by atoms with Crippen LogP contribution in [0.2, 0.25) is 0 Å². The van der Waals surface area contributed by atoms with Crippen LogP contribution in [-0.2, 0) is 0 Å². The number of aromatic amines is 1. The van der Waals surface area contributed by atoms with Crippen LogP contribution in [0, 0.1) is 11.3 Å². The second kappa shape index (κ2) is 4.59. The number of nitrogens with one attached hydrogen (secondary N) is 2. The van der Waals surface area contributed by atoms with Crippen molar-refractivity contribution in [1.29, 1.82) is 5.41 Å². The summed E-state index contributed by atoms with van der Waals surface area (Å²) in [5.41, 5.74) is 5.11. The van der Waals surface area contributed by atoms with Gasteiger partial charge in [0.15, 0.2) is 5.82 Å². The van der Waals surface area contributed by atoms with E-state index in [1.165, 1.54) is 12.4 Å². The van der Waals surface area contributed by atoms with Gasteiger partial charge in [-0.15, -0.1) is 0 Å². The second-order valence-electron chi connectivity index (χ2n) is 3.48. The monoisotopic (exact) mass is 209 g/mol. The first-order valence-corrected chi connectivity index (χ1v) is 4.61. The summed E-state index contributed by atoms with van der Waals surface area (Å²) < 4.78 is 0. The Labute approximate surface area is 87.6 Å². The lowest BCUT2D eigenvalue weighted by molar-refractivity contribution is 0.718. The van der Waals surface area contributed by atoms with Gasteiger partial charge in [-0.05, 0) is 0 Å². The summed E-state index contributed by atoms with van der Waals surface area (Å²) in [4.78, 5) is 19.6. The third kappa shape index (κ3) is 2.80. The van der Waals surface area contributed by atoms with E-state index in [4.69, 9.17) is 11.1 Å². The lowest BCUT2D eigenvalue weighted by Gasteiger charge is -2.20. The molecule has 1 rings (SSSR count). The minimum Gasteiger partial charge on any atom is -0.387 e. The third-order valence-electron chi connectivity index (χ3n) is 2.13. The summed E-state index contributed by atoms with van der Waals surface area (Å²) in [6.07, 6.45) is 3.00. The molecular formula is C9H15N5O. The molecule has 0 spiro atoms. The van der Waals surface area contributed by atoms with Crippen LogP contribution in [0.4, 0.5) is 5.82 Å². The number of amidine groups is 1. The predicted octanol–water partition coefficient (Wildman–Crippen LogP) is -0.222. The fourth-order valence-electron chi connectivity index (χ4n) is 1.21. The number of nitrogens with two attached hydrogens (primary N) is 1. The van der Waals surface area contributed by atoms with E-state index < -0.39 is 0 Å². The maximum atomic E-state index is 11.4. The van der Waals surface area contributed by atoms with Crippen molar-refractivity contribution in [3.05, 3.63) is 22.7 Å². The highest BCUT2D eigenvalue weighted by molar-refractivity contribution is 5.79. The Balaban J connectivity index is 2.78. The topological polar surface area (TPSA) is 98.9 Å². The van der Waals surface area contributed by atoms with E-state index in [0.29, 0.717) is 12.4 Å². The Morgan fingerprint density at radius 2 is 2.47 bits per heavy atom. The summed E-state index contributed by atoms with van der Waals surface area (Å²) in [6, 6.07) is 0. The van der Waals surface area contributed by atoms with E-state index in [1.807, 2.05) is 6.92 Å². The molecule has 6 heteroatoms. The molecule has 0 amide bonds. The largest absolute Gasteiger partial charge is 0.387 e.